The van der Waals surface area contributed by atoms with E-state index in [-0.39, 0.29) is 18.2 Å². The maximum atomic E-state index is 12.6. The maximum Gasteiger partial charge on any atom is 0.256 e. The van der Waals surface area contributed by atoms with Gasteiger partial charge in [0.1, 0.15) is 6.04 Å². The van der Waals surface area contributed by atoms with Gasteiger partial charge < -0.3 is 5.32 Å². The average Bonchev–Trinajstić information content (AvgIpc) is 2.79. The second-order valence-electron chi connectivity index (χ2n) is 5.05. The number of amides is 2. The molecule has 1 N–H and O–H groups in total. The van der Waals surface area contributed by atoms with Crippen LogP contribution < -0.4 is 10.2 Å². The van der Waals surface area contributed by atoms with Gasteiger partial charge in [0.25, 0.3) is 5.91 Å². The Balaban J connectivity index is 1.85. The molecule has 2 aromatic carbocycles. The van der Waals surface area contributed by atoms with Crippen LogP contribution in [0.2, 0.25) is 10.0 Å². The number of anilines is 2. The van der Waals surface area contributed by atoms with Gasteiger partial charge in [0.2, 0.25) is 5.91 Å². The van der Waals surface area contributed by atoms with Crippen LogP contribution in [0.1, 0.15) is 6.42 Å². The zero-order chi connectivity index (χ0) is 16.6. The van der Waals surface area contributed by atoms with Crippen LogP contribution in [0.25, 0.3) is 0 Å². The van der Waals surface area contributed by atoms with Crippen LogP contribution in [0.5, 0.6) is 0 Å². The molecule has 1 fully saturated rings. The van der Waals surface area contributed by atoms with Crippen LogP contribution in [0.15, 0.2) is 46.9 Å². The van der Waals surface area contributed by atoms with Crippen LogP contribution >= 0.6 is 39.1 Å². The summed E-state index contributed by atoms with van der Waals surface area (Å²) in [6, 6.07) is 11.5. The van der Waals surface area contributed by atoms with Crippen molar-refractivity contribution in [3.63, 3.8) is 0 Å². The van der Waals surface area contributed by atoms with Crippen molar-refractivity contribution in [3.05, 3.63) is 57.0 Å². The number of hydrogen-bond donors (Lipinski definition) is 1. The van der Waals surface area contributed by atoms with Gasteiger partial charge in [-0.2, -0.15) is 0 Å². The smallest absolute Gasteiger partial charge is 0.256 e. The molecule has 3 rings (SSSR count). The lowest BCUT2D eigenvalue weighted by Gasteiger charge is -2.17. The highest BCUT2D eigenvalue weighted by molar-refractivity contribution is 9.10. The van der Waals surface area contributed by atoms with Crippen LogP contribution in [0.3, 0.4) is 0 Å². The predicted molar refractivity (Wildman–Crippen MR) is 95.1 cm³/mol. The van der Waals surface area contributed by atoms with E-state index in [1.165, 1.54) is 6.07 Å². The Labute approximate surface area is 151 Å². The maximum absolute atomic E-state index is 12.6. The molecule has 1 heterocycles. The lowest BCUT2D eigenvalue weighted by molar-refractivity contribution is -0.121. The molecule has 0 saturated carbocycles. The van der Waals surface area contributed by atoms with E-state index in [0.29, 0.717) is 15.7 Å². The first kappa shape index (κ1) is 16.3. The van der Waals surface area contributed by atoms with Crippen molar-refractivity contribution in [2.45, 2.75) is 12.5 Å². The highest BCUT2D eigenvalue weighted by Gasteiger charge is 2.39. The second-order valence-corrected chi connectivity index (χ2v) is 6.72. The van der Waals surface area contributed by atoms with Gasteiger partial charge in [-0.25, -0.2) is 4.90 Å². The molecule has 2 amide bonds. The normalized spacial score (nSPS) is 17.7. The number of carbonyl (C=O) groups is 2. The molecular formula is C16H11BrCl2N2O2. The molecule has 1 saturated heterocycles. The van der Waals surface area contributed by atoms with Crippen molar-refractivity contribution in [1.82, 2.24) is 0 Å². The Morgan fingerprint density at radius 3 is 2.52 bits per heavy atom. The van der Waals surface area contributed by atoms with Crippen molar-refractivity contribution < 1.29 is 9.59 Å². The quantitative estimate of drug-likeness (QED) is 0.753. The molecule has 0 aliphatic carbocycles. The highest BCUT2D eigenvalue weighted by Crippen LogP contribution is 2.31. The second kappa shape index (κ2) is 6.51. The minimum Gasteiger partial charge on any atom is -0.372 e. The molecule has 4 nitrogen and oxygen atoms in total. The molecule has 1 atom stereocenters. The van der Waals surface area contributed by atoms with Crippen molar-refractivity contribution >= 4 is 62.3 Å². The summed E-state index contributed by atoms with van der Waals surface area (Å²) in [6.07, 6.45) is 0.0837. The summed E-state index contributed by atoms with van der Waals surface area (Å²) in [5.41, 5.74) is 1.18. The molecule has 2 aromatic rings. The minimum atomic E-state index is -0.615. The number of imide groups is 1. The zero-order valence-corrected chi connectivity index (χ0v) is 14.8. The van der Waals surface area contributed by atoms with E-state index in [2.05, 4.69) is 21.2 Å². The van der Waals surface area contributed by atoms with Crippen molar-refractivity contribution in [3.8, 4) is 0 Å². The lowest BCUT2D eigenvalue weighted by atomic mass is 10.2. The number of nitrogens with one attached hydrogen (secondary N) is 1. The number of nitrogens with zero attached hydrogens (tertiary/aromatic N) is 1. The van der Waals surface area contributed by atoms with Gasteiger partial charge in [-0.3, -0.25) is 9.59 Å². The van der Waals surface area contributed by atoms with Crippen molar-refractivity contribution in [1.29, 1.82) is 0 Å². The summed E-state index contributed by atoms with van der Waals surface area (Å²) in [6.45, 7) is 0. The monoisotopic (exact) mass is 412 g/mol. The van der Waals surface area contributed by atoms with E-state index in [4.69, 9.17) is 23.2 Å². The first-order chi connectivity index (χ1) is 11.0. The molecule has 0 bridgehead atoms. The molecule has 23 heavy (non-hydrogen) atoms. The molecule has 0 spiro atoms. The molecule has 0 radical (unpaired) electrons. The molecule has 1 unspecified atom stereocenters. The summed E-state index contributed by atoms with van der Waals surface area (Å²) in [5, 5.41) is 3.77. The Hall–Kier alpha value is -1.56. The van der Waals surface area contributed by atoms with E-state index in [1.54, 1.807) is 12.1 Å². The Kier molecular flexibility index (Phi) is 4.62. The van der Waals surface area contributed by atoms with Gasteiger partial charge in [-0.1, -0.05) is 35.3 Å². The van der Waals surface area contributed by atoms with Crippen LogP contribution in [-0.2, 0) is 9.59 Å². The van der Waals surface area contributed by atoms with Gasteiger partial charge in [0.15, 0.2) is 0 Å². The minimum absolute atomic E-state index is 0.0837. The third-order valence-corrected chi connectivity index (χ3v) is 4.94. The van der Waals surface area contributed by atoms with E-state index in [9.17, 15) is 9.59 Å². The largest absolute Gasteiger partial charge is 0.372 e. The van der Waals surface area contributed by atoms with Crippen LogP contribution in [-0.4, -0.2) is 17.9 Å². The first-order valence-corrected chi connectivity index (χ1v) is 8.35. The van der Waals surface area contributed by atoms with Crippen molar-refractivity contribution in [2.75, 3.05) is 10.2 Å². The van der Waals surface area contributed by atoms with Crippen LogP contribution in [0, 0.1) is 0 Å². The van der Waals surface area contributed by atoms with Gasteiger partial charge in [0.05, 0.1) is 22.2 Å². The third kappa shape index (κ3) is 3.22. The summed E-state index contributed by atoms with van der Waals surface area (Å²) in [4.78, 5) is 26.0. The summed E-state index contributed by atoms with van der Waals surface area (Å²) >= 11 is 15.3. The number of benzene rings is 2. The molecule has 1 aliphatic heterocycles. The third-order valence-electron chi connectivity index (χ3n) is 3.51. The first-order valence-electron chi connectivity index (χ1n) is 6.80. The Morgan fingerprint density at radius 1 is 1.09 bits per heavy atom. The Bertz CT molecular complexity index is 797. The summed E-state index contributed by atoms with van der Waals surface area (Å²) in [7, 11) is 0. The number of halogens is 3. The average molecular weight is 414 g/mol. The van der Waals surface area contributed by atoms with Crippen LogP contribution in [0.4, 0.5) is 11.4 Å². The van der Waals surface area contributed by atoms with Gasteiger partial charge in [-0.15, -0.1) is 0 Å². The molecule has 1 aliphatic rings. The highest BCUT2D eigenvalue weighted by atomic mass is 79.9. The van der Waals surface area contributed by atoms with E-state index < -0.39 is 6.04 Å². The van der Waals surface area contributed by atoms with Gasteiger partial charge >= 0.3 is 0 Å². The molecule has 0 aromatic heterocycles. The predicted octanol–water partition coefficient (Wildman–Crippen LogP) is 4.50. The van der Waals surface area contributed by atoms with Gasteiger partial charge in [-0.05, 0) is 46.3 Å². The van der Waals surface area contributed by atoms with E-state index >= 15 is 0 Å². The summed E-state index contributed by atoms with van der Waals surface area (Å²) in [5.74, 6) is -0.595. The fraction of sp³-hybridized carbons (Fsp3) is 0.125. The number of hydrogen-bond acceptors (Lipinski definition) is 3. The lowest BCUT2D eigenvalue weighted by Crippen LogP contribution is -2.34. The topological polar surface area (TPSA) is 49.4 Å². The van der Waals surface area contributed by atoms with E-state index in [0.717, 1.165) is 15.1 Å². The van der Waals surface area contributed by atoms with E-state index in [1.807, 2.05) is 24.3 Å². The SMILES string of the molecule is O=C1CC(Nc2ccccc2Br)C(=O)N1c1ccc(Cl)c(Cl)c1. The van der Waals surface area contributed by atoms with Gasteiger partial charge in [0, 0.05) is 10.2 Å². The number of carbonyl (C=O) groups excluding carboxylic acids is 2. The Morgan fingerprint density at radius 2 is 1.83 bits per heavy atom. The molecule has 7 heteroatoms. The summed E-state index contributed by atoms with van der Waals surface area (Å²) < 4.78 is 0.827. The number of rotatable bonds is 3. The van der Waals surface area contributed by atoms with Crippen molar-refractivity contribution in [2.24, 2.45) is 0 Å². The zero-order valence-electron chi connectivity index (χ0n) is 11.7. The fourth-order valence-corrected chi connectivity index (χ4v) is 3.10. The standard InChI is InChI=1S/C16H11BrCl2N2O2/c17-10-3-1-2-4-13(10)20-14-8-15(22)21(16(14)23)9-5-6-11(18)12(19)7-9/h1-7,14,20H,8H2. The molecular weight excluding hydrogens is 403 g/mol. The number of para-hydroxylation sites is 1. The molecule has 118 valence electrons. The fourth-order valence-electron chi connectivity index (χ4n) is 2.41.